The Hall–Kier alpha value is -2.65. The van der Waals surface area contributed by atoms with E-state index in [2.05, 4.69) is 39.7 Å². The van der Waals surface area contributed by atoms with Gasteiger partial charge in [0, 0.05) is 30.5 Å². The number of amidine groups is 1. The summed E-state index contributed by atoms with van der Waals surface area (Å²) in [5.74, 6) is 0. The van der Waals surface area contributed by atoms with Crippen molar-refractivity contribution < 1.29 is 4.92 Å². The van der Waals surface area contributed by atoms with Crippen LogP contribution in [-0.4, -0.2) is 33.4 Å². The molecular weight excluding hydrogens is 394 g/mol. The Bertz CT molecular complexity index is 1030. The van der Waals surface area contributed by atoms with Crippen molar-refractivity contribution >= 4 is 55.0 Å². The van der Waals surface area contributed by atoms with Gasteiger partial charge in [-0.05, 0) is 30.2 Å². The van der Waals surface area contributed by atoms with Crippen LogP contribution in [0.25, 0.3) is 10.2 Å². The highest BCUT2D eigenvalue weighted by Gasteiger charge is 2.15. The minimum atomic E-state index is -0.386. The molecule has 9 heteroatoms. The van der Waals surface area contributed by atoms with Crippen LogP contribution in [0.5, 0.6) is 0 Å². The quantitative estimate of drug-likeness (QED) is 0.454. The number of nitrogens with one attached hydrogen (secondary N) is 2. The van der Waals surface area contributed by atoms with Crippen molar-refractivity contribution in [1.82, 2.24) is 10.3 Å². The van der Waals surface area contributed by atoms with Crippen LogP contribution in [0.2, 0.25) is 0 Å². The van der Waals surface area contributed by atoms with Gasteiger partial charge in [-0.2, -0.15) is 0 Å². The highest BCUT2D eigenvalue weighted by atomic mass is 32.2. The van der Waals surface area contributed by atoms with E-state index in [0.717, 1.165) is 45.7 Å². The normalized spacial score (nSPS) is 17.8. The Labute approximate surface area is 170 Å². The highest BCUT2D eigenvalue weighted by Crippen LogP contribution is 2.29. The third-order valence-corrected chi connectivity index (χ3v) is 6.30. The number of thiazole rings is 1. The van der Waals surface area contributed by atoms with E-state index < -0.39 is 0 Å². The van der Waals surface area contributed by atoms with Gasteiger partial charge < -0.3 is 10.6 Å². The van der Waals surface area contributed by atoms with Gasteiger partial charge in [0.1, 0.15) is 0 Å². The van der Waals surface area contributed by atoms with Crippen molar-refractivity contribution in [3.05, 3.63) is 58.1 Å². The number of aliphatic imine (C=N–C) groups is 1. The van der Waals surface area contributed by atoms with Crippen molar-refractivity contribution in [2.75, 3.05) is 18.4 Å². The first-order valence-corrected chi connectivity index (χ1v) is 10.6. The fourth-order valence-corrected chi connectivity index (χ4v) is 4.64. The molecule has 0 radical (unpaired) electrons. The van der Waals surface area contributed by atoms with Gasteiger partial charge >= 0.3 is 0 Å². The van der Waals surface area contributed by atoms with Crippen molar-refractivity contribution in [2.45, 2.75) is 18.6 Å². The maximum Gasteiger partial charge on any atom is 0.270 e. The van der Waals surface area contributed by atoms with Crippen LogP contribution in [0.3, 0.4) is 0 Å². The third-order valence-electron chi connectivity index (χ3n) is 4.29. The lowest BCUT2D eigenvalue weighted by molar-refractivity contribution is -0.384. The molecule has 1 fully saturated rings. The number of nitro groups is 1. The number of anilines is 1. The number of nitrogens with zero attached hydrogens (tertiary/aromatic N) is 3. The molecule has 3 aromatic rings. The zero-order valence-electron chi connectivity index (χ0n) is 15.2. The average Bonchev–Trinajstić information content (AvgIpc) is 3.27. The lowest BCUT2D eigenvalue weighted by Gasteiger charge is -2.04. The van der Waals surface area contributed by atoms with Crippen LogP contribution in [0, 0.1) is 10.1 Å². The third kappa shape index (κ3) is 4.42. The molecule has 1 aliphatic rings. The van der Waals surface area contributed by atoms with E-state index in [1.807, 2.05) is 12.1 Å². The Balaban J connectivity index is 1.33. The molecular formula is C19H19N5O2S2. The van der Waals surface area contributed by atoms with E-state index in [-0.39, 0.29) is 10.6 Å². The first kappa shape index (κ1) is 18.7. The molecule has 1 aliphatic heterocycles. The second kappa shape index (κ2) is 8.15. The van der Waals surface area contributed by atoms with Gasteiger partial charge in [0.05, 0.1) is 20.8 Å². The standard InChI is InChI=1S/C19H19N5O2S2/c1-12-11-21-19(27-12)22-14-4-2-13(3-5-14)8-9-20-18-23-16-7-6-15(24(25)26)10-17(16)28-18/h2-7,10,12H,8-9,11H2,1H3,(H,20,23)(H,21,22). The minimum Gasteiger partial charge on any atom is -0.363 e. The number of thioether (sulfide) groups is 1. The zero-order chi connectivity index (χ0) is 19.5. The summed E-state index contributed by atoms with van der Waals surface area (Å²) < 4.78 is 0.813. The molecule has 0 bridgehead atoms. The molecule has 0 aliphatic carbocycles. The van der Waals surface area contributed by atoms with Gasteiger partial charge in [-0.15, -0.1) is 0 Å². The van der Waals surface area contributed by atoms with E-state index >= 15 is 0 Å². The largest absolute Gasteiger partial charge is 0.363 e. The van der Waals surface area contributed by atoms with E-state index in [4.69, 9.17) is 0 Å². The fourth-order valence-electron chi connectivity index (χ4n) is 2.84. The Kier molecular flexibility index (Phi) is 5.45. The van der Waals surface area contributed by atoms with E-state index in [1.54, 1.807) is 23.9 Å². The van der Waals surface area contributed by atoms with Gasteiger partial charge in [0.2, 0.25) is 0 Å². The van der Waals surface area contributed by atoms with E-state index in [9.17, 15) is 10.1 Å². The molecule has 0 spiro atoms. The summed E-state index contributed by atoms with van der Waals surface area (Å²) in [6, 6.07) is 13.0. The molecule has 1 atom stereocenters. The van der Waals surface area contributed by atoms with Crippen LogP contribution in [0.4, 0.5) is 16.5 Å². The first-order valence-electron chi connectivity index (χ1n) is 8.94. The second-order valence-electron chi connectivity index (χ2n) is 6.50. The molecule has 28 heavy (non-hydrogen) atoms. The Morgan fingerprint density at radius 1 is 1.32 bits per heavy atom. The maximum atomic E-state index is 10.9. The zero-order valence-corrected chi connectivity index (χ0v) is 16.8. The van der Waals surface area contributed by atoms with Crippen LogP contribution < -0.4 is 10.6 Å². The first-order chi connectivity index (χ1) is 13.6. The van der Waals surface area contributed by atoms with Gasteiger partial charge in [-0.3, -0.25) is 10.1 Å². The van der Waals surface area contributed by atoms with Gasteiger partial charge in [-0.25, -0.2) is 9.98 Å². The van der Waals surface area contributed by atoms with Crippen LogP contribution in [-0.2, 0) is 6.42 Å². The second-order valence-corrected chi connectivity index (χ2v) is 8.96. The smallest absolute Gasteiger partial charge is 0.270 e. The monoisotopic (exact) mass is 413 g/mol. The van der Waals surface area contributed by atoms with Gasteiger partial charge in [0.25, 0.3) is 5.69 Å². The Morgan fingerprint density at radius 2 is 2.14 bits per heavy atom. The molecule has 144 valence electrons. The topological polar surface area (TPSA) is 92.5 Å². The summed E-state index contributed by atoms with van der Waals surface area (Å²) in [4.78, 5) is 19.6. The number of aromatic nitrogens is 1. The average molecular weight is 414 g/mol. The van der Waals surface area contributed by atoms with Crippen LogP contribution >= 0.6 is 23.1 Å². The summed E-state index contributed by atoms with van der Waals surface area (Å²) in [7, 11) is 0. The molecule has 2 heterocycles. The van der Waals surface area contributed by atoms with Gasteiger partial charge in [0.15, 0.2) is 10.3 Å². The molecule has 1 unspecified atom stereocenters. The molecule has 2 N–H and O–H groups in total. The van der Waals surface area contributed by atoms with E-state index in [0.29, 0.717) is 5.25 Å². The molecule has 0 saturated carbocycles. The summed E-state index contributed by atoms with van der Waals surface area (Å²) in [5, 5.41) is 19.8. The predicted octanol–water partition coefficient (Wildman–Crippen LogP) is 4.57. The summed E-state index contributed by atoms with van der Waals surface area (Å²) in [6.45, 7) is 3.89. The number of hydrogen-bond acceptors (Lipinski definition) is 7. The molecule has 1 aromatic heterocycles. The number of benzene rings is 2. The molecule has 2 aromatic carbocycles. The lowest BCUT2D eigenvalue weighted by Crippen LogP contribution is -2.14. The number of non-ortho nitro benzene ring substituents is 1. The summed E-state index contributed by atoms with van der Waals surface area (Å²) >= 11 is 3.20. The Morgan fingerprint density at radius 3 is 2.86 bits per heavy atom. The summed E-state index contributed by atoms with van der Waals surface area (Å²) in [5.41, 5.74) is 3.03. The van der Waals surface area contributed by atoms with E-state index in [1.165, 1.54) is 23.0 Å². The molecule has 7 nitrogen and oxygen atoms in total. The van der Waals surface area contributed by atoms with Crippen molar-refractivity contribution in [2.24, 2.45) is 4.99 Å². The van der Waals surface area contributed by atoms with Gasteiger partial charge in [-0.1, -0.05) is 42.2 Å². The molecule has 1 saturated heterocycles. The number of nitro benzene ring substituents is 1. The van der Waals surface area contributed by atoms with Crippen LogP contribution in [0.1, 0.15) is 12.5 Å². The minimum absolute atomic E-state index is 0.0898. The summed E-state index contributed by atoms with van der Waals surface area (Å²) in [6.07, 6.45) is 0.858. The van der Waals surface area contributed by atoms with Crippen molar-refractivity contribution in [3.63, 3.8) is 0 Å². The number of hydrogen-bond donors (Lipinski definition) is 2. The fraction of sp³-hybridized carbons (Fsp3) is 0.263. The number of fused-ring (bicyclic) bond motifs is 1. The SMILES string of the molecule is CC1CN/C(=N/c2ccc(CCNc3nc4ccc([N+](=O)[O-])cc4s3)cc2)S1. The van der Waals surface area contributed by atoms with Crippen LogP contribution in [0.15, 0.2) is 47.5 Å². The molecule has 4 rings (SSSR count). The van der Waals surface area contributed by atoms with Crippen molar-refractivity contribution in [3.8, 4) is 0 Å². The highest BCUT2D eigenvalue weighted by molar-refractivity contribution is 8.14. The lowest BCUT2D eigenvalue weighted by atomic mass is 10.1. The predicted molar refractivity (Wildman–Crippen MR) is 117 cm³/mol. The molecule has 0 amide bonds. The number of rotatable bonds is 6. The van der Waals surface area contributed by atoms with Crippen molar-refractivity contribution in [1.29, 1.82) is 0 Å². The maximum absolute atomic E-state index is 10.9.